The second kappa shape index (κ2) is 5.28. The minimum absolute atomic E-state index is 0.0303. The van der Waals surface area contributed by atoms with Crippen LogP contribution in [0.3, 0.4) is 0 Å². The zero-order valence-corrected chi connectivity index (χ0v) is 10.2. The van der Waals surface area contributed by atoms with Gasteiger partial charge in [-0.1, -0.05) is 12.1 Å². The molecule has 0 amide bonds. The van der Waals surface area contributed by atoms with Crippen LogP contribution in [0, 0.1) is 0 Å². The van der Waals surface area contributed by atoms with Crippen molar-refractivity contribution in [2.24, 2.45) is 0 Å². The third-order valence-electron chi connectivity index (χ3n) is 3.02. The van der Waals surface area contributed by atoms with Gasteiger partial charge in [0.25, 0.3) is 0 Å². The highest BCUT2D eigenvalue weighted by Crippen LogP contribution is 2.34. The molecule has 1 saturated carbocycles. The van der Waals surface area contributed by atoms with E-state index in [1.165, 1.54) is 12.1 Å². The topological polar surface area (TPSA) is 38.7 Å². The molecule has 19 heavy (non-hydrogen) atoms. The van der Waals surface area contributed by atoms with Crippen molar-refractivity contribution in [1.82, 2.24) is 0 Å². The molecule has 106 valence electrons. The van der Waals surface area contributed by atoms with Crippen molar-refractivity contribution in [2.75, 3.05) is 13.2 Å². The SMILES string of the molecule is OC1(COc2ccccc2OCC(F)(F)F)CCC1. The van der Waals surface area contributed by atoms with E-state index in [-0.39, 0.29) is 18.1 Å². The summed E-state index contributed by atoms with van der Waals surface area (Å²) in [5.74, 6) is 0.245. The van der Waals surface area contributed by atoms with Crippen LogP contribution in [0.4, 0.5) is 13.2 Å². The van der Waals surface area contributed by atoms with Gasteiger partial charge in [0.2, 0.25) is 0 Å². The Labute approximate surface area is 108 Å². The molecule has 1 aromatic rings. The van der Waals surface area contributed by atoms with Crippen molar-refractivity contribution in [1.29, 1.82) is 0 Å². The van der Waals surface area contributed by atoms with Crippen LogP contribution < -0.4 is 9.47 Å². The molecule has 1 N–H and O–H groups in total. The number of rotatable bonds is 5. The average Bonchev–Trinajstić information content (AvgIpc) is 2.31. The summed E-state index contributed by atoms with van der Waals surface area (Å²) in [6.45, 7) is -1.29. The van der Waals surface area contributed by atoms with Crippen molar-refractivity contribution in [3.05, 3.63) is 24.3 Å². The predicted octanol–water partition coefficient (Wildman–Crippen LogP) is 2.92. The first-order valence-electron chi connectivity index (χ1n) is 6.02. The number of aliphatic hydroxyl groups is 1. The van der Waals surface area contributed by atoms with Crippen LogP contribution in [-0.4, -0.2) is 30.1 Å². The molecule has 3 nitrogen and oxygen atoms in total. The van der Waals surface area contributed by atoms with Gasteiger partial charge in [0.05, 0.1) is 5.60 Å². The average molecular weight is 276 g/mol. The highest BCUT2D eigenvalue weighted by Gasteiger charge is 2.35. The molecule has 6 heteroatoms. The van der Waals surface area contributed by atoms with Gasteiger partial charge in [0.1, 0.15) is 6.61 Å². The van der Waals surface area contributed by atoms with Crippen molar-refractivity contribution in [3.63, 3.8) is 0 Å². The van der Waals surface area contributed by atoms with E-state index in [4.69, 9.17) is 4.74 Å². The second-order valence-electron chi connectivity index (χ2n) is 4.72. The number of halogens is 3. The maximum atomic E-state index is 12.1. The van der Waals surface area contributed by atoms with Gasteiger partial charge in [0.15, 0.2) is 18.1 Å². The first kappa shape index (κ1) is 14.0. The minimum atomic E-state index is -4.39. The van der Waals surface area contributed by atoms with Crippen LogP contribution in [0.15, 0.2) is 24.3 Å². The summed E-state index contributed by atoms with van der Waals surface area (Å²) in [6, 6.07) is 6.14. The van der Waals surface area contributed by atoms with Crippen molar-refractivity contribution >= 4 is 0 Å². The number of hydrogen-bond acceptors (Lipinski definition) is 3. The maximum absolute atomic E-state index is 12.1. The number of hydrogen-bond donors (Lipinski definition) is 1. The molecular weight excluding hydrogens is 261 g/mol. The Morgan fingerprint density at radius 1 is 1.11 bits per heavy atom. The predicted molar refractivity (Wildman–Crippen MR) is 62.3 cm³/mol. The van der Waals surface area contributed by atoms with E-state index in [0.29, 0.717) is 12.8 Å². The zero-order chi connectivity index (χ0) is 13.9. The van der Waals surface area contributed by atoms with E-state index in [1.54, 1.807) is 12.1 Å². The first-order chi connectivity index (χ1) is 8.88. The van der Waals surface area contributed by atoms with Gasteiger partial charge in [0, 0.05) is 0 Å². The molecule has 1 aliphatic rings. The molecule has 0 bridgehead atoms. The van der Waals surface area contributed by atoms with Crippen molar-refractivity contribution in [3.8, 4) is 11.5 Å². The van der Waals surface area contributed by atoms with Gasteiger partial charge in [-0.3, -0.25) is 0 Å². The quantitative estimate of drug-likeness (QED) is 0.898. The van der Waals surface area contributed by atoms with Gasteiger partial charge in [-0.25, -0.2) is 0 Å². The molecule has 0 heterocycles. The molecule has 0 spiro atoms. The Morgan fingerprint density at radius 3 is 2.16 bits per heavy atom. The second-order valence-corrected chi connectivity index (χ2v) is 4.72. The van der Waals surface area contributed by atoms with E-state index >= 15 is 0 Å². The summed E-state index contributed by atoms with van der Waals surface area (Å²) in [7, 11) is 0. The van der Waals surface area contributed by atoms with Crippen LogP contribution in [0.5, 0.6) is 11.5 Å². The lowest BCUT2D eigenvalue weighted by Gasteiger charge is -2.36. The highest BCUT2D eigenvalue weighted by molar-refractivity contribution is 5.39. The van der Waals surface area contributed by atoms with Crippen LogP contribution in [0.2, 0.25) is 0 Å². The number of para-hydroxylation sites is 2. The fraction of sp³-hybridized carbons (Fsp3) is 0.538. The number of benzene rings is 1. The van der Waals surface area contributed by atoms with Crippen LogP contribution in [0.1, 0.15) is 19.3 Å². The standard InChI is InChI=1S/C13H15F3O3/c14-13(15,16)9-19-11-5-2-1-4-10(11)18-8-12(17)6-3-7-12/h1-2,4-5,17H,3,6-9H2. The Kier molecular flexibility index (Phi) is 3.89. The highest BCUT2D eigenvalue weighted by atomic mass is 19.4. The molecule has 1 aromatic carbocycles. The lowest BCUT2D eigenvalue weighted by atomic mass is 9.81. The third kappa shape index (κ3) is 4.02. The minimum Gasteiger partial charge on any atom is -0.487 e. The molecule has 0 saturated heterocycles. The molecule has 2 rings (SSSR count). The molecule has 1 fully saturated rings. The van der Waals surface area contributed by atoms with E-state index in [9.17, 15) is 18.3 Å². The van der Waals surface area contributed by atoms with E-state index < -0.39 is 18.4 Å². The normalized spacial score (nSPS) is 17.7. The molecule has 0 radical (unpaired) electrons. The van der Waals surface area contributed by atoms with Gasteiger partial charge in [-0.2, -0.15) is 13.2 Å². The van der Waals surface area contributed by atoms with Gasteiger partial charge in [-0.05, 0) is 31.4 Å². The lowest BCUT2D eigenvalue weighted by molar-refractivity contribution is -0.153. The first-order valence-corrected chi connectivity index (χ1v) is 6.02. The Hall–Kier alpha value is -1.43. The van der Waals surface area contributed by atoms with Crippen LogP contribution in [-0.2, 0) is 0 Å². The summed E-state index contributed by atoms with van der Waals surface area (Å²) < 4.78 is 46.4. The molecule has 0 aromatic heterocycles. The van der Waals surface area contributed by atoms with E-state index in [2.05, 4.69) is 4.74 Å². The van der Waals surface area contributed by atoms with Gasteiger partial charge >= 0.3 is 6.18 Å². The molecule has 1 aliphatic carbocycles. The Morgan fingerprint density at radius 2 is 1.68 bits per heavy atom. The smallest absolute Gasteiger partial charge is 0.422 e. The fourth-order valence-electron chi connectivity index (χ4n) is 1.79. The summed E-state index contributed by atoms with van der Waals surface area (Å²) >= 11 is 0. The summed E-state index contributed by atoms with van der Waals surface area (Å²) in [6.07, 6.45) is -2.15. The largest absolute Gasteiger partial charge is 0.487 e. The third-order valence-corrected chi connectivity index (χ3v) is 3.02. The summed E-state index contributed by atoms with van der Waals surface area (Å²) in [4.78, 5) is 0. The zero-order valence-electron chi connectivity index (χ0n) is 10.2. The van der Waals surface area contributed by atoms with Crippen molar-refractivity contribution < 1.29 is 27.8 Å². The van der Waals surface area contributed by atoms with Crippen LogP contribution >= 0.6 is 0 Å². The maximum Gasteiger partial charge on any atom is 0.422 e. The Bertz CT molecular complexity index is 427. The number of ether oxygens (including phenoxy) is 2. The van der Waals surface area contributed by atoms with E-state index in [0.717, 1.165) is 6.42 Å². The molecular formula is C13H15F3O3. The van der Waals surface area contributed by atoms with Gasteiger partial charge in [-0.15, -0.1) is 0 Å². The van der Waals surface area contributed by atoms with Crippen molar-refractivity contribution in [2.45, 2.75) is 31.0 Å². The molecule has 0 aliphatic heterocycles. The van der Waals surface area contributed by atoms with Gasteiger partial charge < -0.3 is 14.6 Å². The number of alkyl halides is 3. The monoisotopic (exact) mass is 276 g/mol. The molecule has 0 atom stereocenters. The fourth-order valence-corrected chi connectivity index (χ4v) is 1.79. The molecule has 0 unspecified atom stereocenters. The lowest BCUT2D eigenvalue weighted by Crippen LogP contribution is -2.42. The van der Waals surface area contributed by atoms with Crippen LogP contribution in [0.25, 0.3) is 0 Å². The summed E-state index contributed by atoms with van der Waals surface area (Å²) in [5, 5.41) is 9.88. The summed E-state index contributed by atoms with van der Waals surface area (Å²) in [5.41, 5.74) is -0.850. The Balaban J connectivity index is 1.95. The van der Waals surface area contributed by atoms with E-state index in [1.807, 2.05) is 0 Å².